The predicted molar refractivity (Wildman–Crippen MR) is 111 cm³/mol. The van der Waals surface area contributed by atoms with Gasteiger partial charge in [0.05, 0.1) is 7.11 Å². The van der Waals surface area contributed by atoms with Gasteiger partial charge in [0, 0.05) is 17.4 Å². The minimum absolute atomic E-state index is 0.151. The summed E-state index contributed by atoms with van der Waals surface area (Å²) in [6.45, 7) is 0. The average Bonchev–Trinajstić information content (AvgIpc) is 3.27. The number of amides is 1. The second-order valence-electron chi connectivity index (χ2n) is 6.40. The van der Waals surface area contributed by atoms with Crippen LogP contribution in [0.4, 0.5) is 26.2 Å². The Hall–Kier alpha value is -4.47. The van der Waals surface area contributed by atoms with Crippen molar-refractivity contribution < 1.29 is 27.5 Å². The highest BCUT2D eigenvalue weighted by Gasteiger charge is 2.16. The van der Waals surface area contributed by atoms with Crippen LogP contribution >= 0.6 is 0 Å². The fourth-order valence-electron chi connectivity index (χ4n) is 2.68. The molecule has 3 aromatic carbocycles. The van der Waals surface area contributed by atoms with Crippen molar-refractivity contribution in [3.8, 4) is 17.2 Å². The lowest BCUT2D eigenvalue weighted by Gasteiger charge is -2.10. The van der Waals surface area contributed by atoms with Crippen molar-refractivity contribution in [2.75, 3.05) is 17.7 Å². The third-order valence-electron chi connectivity index (χ3n) is 4.20. The molecule has 0 aliphatic heterocycles. The number of ether oxygens (including phenoxy) is 2. The van der Waals surface area contributed by atoms with E-state index in [4.69, 9.17) is 13.9 Å². The van der Waals surface area contributed by atoms with Gasteiger partial charge < -0.3 is 24.5 Å². The lowest BCUT2D eigenvalue weighted by molar-refractivity contribution is 0.0991. The predicted octanol–water partition coefficient (Wildman–Crippen LogP) is 5.14. The zero-order valence-electron chi connectivity index (χ0n) is 16.6. The van der Waals surface area contributed by atoms with E-state index >= 15 is 0 Å². The highest BCUT2D eigenvalue weighted by molar-refractivity contribution is 6.00. The maximum absolute atomic E-state index is 13.3. The van der Waals surface area contributed by atoms with Crippen molar-refractivity contribution >= 4 is 23.3 Å². The molecule has 8 nitrogen and oxygen atoms in total. The quantitative estimate of drug-likeness (QED) is 0.412. The number of anilines is 3. The molecule has 0 fully saturated rings. The molecule has 1 amide bonds. The van der Waals surface area contributed by atoms with Gasteiger partial charge in [-0.1, -0.05) is 17.2 Å². The molecule has 0 atom stereocenters. The molecule has 4 rings (SSSR count). The van der Waals surface area contributed by atoms with E-state index < -0.39 is 17.5 Å². The standard InChI is InChI=1S/C22H16F2N4O4/c1-30-18-4-2-3-5-19(18)31-15-9-6-13(7-10-15)25-20(29)21-27-28-22(32-21)26-14-8-11-16(23)17(24)12-14/h2-12H,1H3,(H,25,29)(H,26,28). The minimum atomic E-state index is -1.04. The van der Waals surface area contributed by atoms with E-state index in [1.54, 1.807) is 43.5 Å². The summed E-state index contributed by atoms with van der Waals surface area (Å²) >= 11 is 0. The van der Waals surface area contributed by atoms with Crippen LogP contribution in [0, 0.1) is 11.6 Å². The van der Waals surface area contributed by atoms with Crippen LogP contribution in [0.5, 0.6) is 17.2 Å². The molecule has 4 aromatic rings. The minimum Gasteiger partial charge on any atom is -0.493 e. The van der Waals surface area contributed by atoms with Gasteiger partial charge in [-0.2, -0.15) is 0 Å². The molecule has 0 aliphatic carbocycles. The maximum atomic E-state index is 13.3. The summed E-state index contributed by atoms with van der Waals surface area (Å²) in [5.41, 5.74) is 0.654. The van der Waals surface area contributed by atoms with Gasteiger partial charge in [-0.25, -0.2) is 8.78 Å². The molecule has 1 heterocycles. The summed E-state index contributed by atoms with van der Waals surface area (Å²) in [6, 6.07) is 16.8. The number of halogens is 2. The van der Waals surface area contributed by atoms with Gasteiger partial charge in [0.25, 0.3) is 0 Å². The molecule has 10 heteroatoms. The molecular formula is C22H16F2N4O4. The molecule has 2 N–H and O–H groups in total. The molecule has 0 unspecified atom stereocenters. The SMILES string of the molecule is COc1ccccc1Oc1ccc(NC(=O)c2nnc(Nc3ccc(F)c(F)c3)o2)cc1. The number of benzene rings is 3. The zero-order valence-corrected chi connectivity index (χ0v) is 16.6. The van der Waals surface area contributed by atoms with E-state index in [-0.39, 0.29) is 17.6 Å². The van der Waals surface area contributed by atoms with Crippen molar-refractivity contribution in [3.05, 3.63) is 84.3 Å². The number of carbonyl (C=O) groups is 1. The Kier molecular flexibility index (Phi) is 5.93. The Labute approximate surface area is 180 Å². The van der Waals surface area contributed by atoms with Crippen LogP contribution < -0.4 is 20.1 Å². The zero-order chi connectivity index (χ0) is 22.5. The molecule has 0 aliphatic rings. The maximum Gasteiger partial charge on any atom is 0.320 e. The third-order valence-corrected chi connectivity index (χ3v) is 4.20. The number of carbonyl (C=O) groups excluding carboxylic acids is 1. The lowest BCUT2D eigenvalue weighted by Crippen LogP contribution is -2.12. The molecular weight excluding hydrogens is 422 g/mol. The van der Waals surface area contributed by atoms with Gasteiger partial charge >= 0.3 is 17.8 Å². The molecule has 0 radical (unpaired) electrons. The second kappa shape index (κ2) is 9.13. The van der Waals surface area contributed by atoms with E-state index in [2.05, 4.69) is 20.8 Å². The van der Waals surface area contributed by atoms with Gasteiger partial charge in [-0.3, -0.25) is 4.79 Å². The van der Waals surface area contributed by atoms with Crippen molar-refractivity contribution in [3.63, 3.8) is 0 Å². The topological polar surface area (TPSA) is 98.5 Å². The Morgan fingerprint density at radius 3 is 2.34 bits per heavy atom. The number of hydrogen-bond acceptors (Lipinski definition) is 7. The van der Waals surface area contributed by atoms with E-state index in [1.807, 2.05) is 12.1 Å². The van der Waals surface area contributed by atoms with Gasteiger partial charge in [0.15, 0.2) is 23.1 Å². The smallest absolute Gasteiger partial charge is 0.320 e. The summed E-state index contributed by atoms with van der Waals surface area (Å²) in [5, 5.41) is 12.5. The lowest BCUT2D eigenvalue weighted by atomic mass is 10.3. The van der Waals surface area contributed by atoms with Crippen molar-refractivity contribution in [2.45, 2.75) is 0 Å². The largest absolute Gasteiger partial charge is 0.493 e. The number of nitrogens with one attached hydrogen (secondary N) is 2. The average molecular weight is 438 g/mol. The van der Waals surface area contributed by atoms with Crippen molar-refractivity contribution in [1.82, 2.24) is 10.2 Å². The Bertz CT molecular complexity index is 1240. The van der Waals surface area contributed by atoms with E-state index in [0.717, 1.165) is 12.1 Å². The molecule has 0 spiro atoms. The Balaban J connectivity index is 1.38. The highest BCUT2D eigenvalue weighted by atomic mass is 19.2. The molecule has 0 bridgehead atoms. The van der Waals surface area contributed by atoms with Gasteiger partial charge in [-0.05, 0) is 48.5 Å². The van der Waals surface area contributed by atoms with Crippen molar-refractivity contribution in [1.29, 1.82) is 0 Å². The van der Waals surface area contributed by atoms with Crippen LogP contribution in [-0.4, -0.2) is 23.2 Å². The monoisotopic (exact) mass is 438 g/mol. The second-order valence-corrected chi connectivity index (χ2v) is 6.40. The number of para-hydroxylation sites is 2. The fourth-order valence-corrected chi connectivity index (χ4v) is 2.68. The van der Waals surface area contributed by atoms with E-state index in [0.29, 0.717) is 22.9 Å². The Morgan fingerprint density at radius 1 is 0.906 bits per heavy atom. The number of hydrogen-bond donors (Lipinski definition) is 2. The summed E-state index contributed by atoms with van der Waals surface area (Å²) in [5.74, 6) is -1.29. The van der Waals surface area contributed by atoms with Crippen LogP contribution in [0.15, 0.2) is 71.1 Å². The van der Waals surface area contributed by atoms with Crippen LogP contribution in [-0.2, 0) is 0 Å². The number of methoxy groups -OCH3 is 1. The molecule has 1 aromatic heterocycles. The van der Waals surface area contributed by atoms with Crippen LogP contribution in [0.25, 0.3) is 0 Å². The molecule has 0 saturated heterocycles. The summed E-state index contributed by atoms with van der Waals surface area (Å²) in [6.07, 6.45) is 0. The number of rotatable bonds is 7. The van der Waals surface area contributed by atoms with Gasteiger partial charge in [-0.15, -0.1) is 5.10 Å². The summed E-state index contributed by atoms with van der Waals surface area (Å²) in [4.78, 5) is 12.3. The first-order valence-electron chi connectivity index (χ1n) is 9.29. The number of aromatic nitrogens is 2. The van der Waals surface area contributed by atoms with Crippen LogP contribution in [0.1, 0.15) is 10.7 Å². The molecule has 32 heavy (non-hydrogen) atoms. The Morgan fingerprint density at radius 2 is 1.62 bits per heavy atom. The first-order chi connectivity index (χ1) is 15.5. The third kappa shape index (κ3) is 4.81. The van der Waals surface area contributed by atoms with Gasteiger partial charge in [0.2, 0.25) is 0 Å². The van der Waals surface area contributed by atoms with Crippen LogP contribution in [0.2, 0.25) is 0 Å². The van der Waals surface area contributed by atoms with E-state index in [1.165, 1.54) is 6.07 Å². The highest BCUT2D eigenvalue weighted by Crippen LogP contribution is 2.31. The first-order valence-corrected chi connectivity index (χ1v) is 9.29. The summed E-state index contributed by atoms with van der Waals surface area (Å²) < 4.78 is 42.5. The fraction of sp³-hybridized carbons (Fsp3) is 0.0455. The molecule has 162 valence electrons. The van der Waals surface area contributed by atoms with E-state index in [9.17, 15) is 13.6 Å². The van der Waals surface area contributed by atoms with Gasteiger partial charge in [0.1, 0.15) is 5.75 Å². The van der Waals surface area contributed by atoms with Crippen LogP contribution in [0.3, 0.4) is 0 Å². The summed E-state index contributed by atoms with van der Waals surface area (Å²) in [7, 11) is 1.55. The normalized spacial score (nSPS) is 10.5. The first kappa shape index (κ1) is 20.8. The number of nitrogens with zero attached hydrogens (tertiary/aromatic N) is 2. The van der Waals surface area contributed by atoms with Crippen molar-refractivity contribution in [2.24, 2.45) is 0 Å². The molecule has 0 saturated carbocycles.